The Bertz CT molecular complexity index is 571. The minimum Gasteiger partial charge on any atom is -0.383 e. The zero-order valence-electron chi connectivity index (χ0n) is 11.9. The average Bonchev–Trinajstić information content (AvgIpc) is 2.95. The van der Waals surface area contributed by atoms with Gasteiger partial charge < -0.3 is 10.1 Å². The van der Waals surface area contributed by atoms with Crippen LogP contribution in [-0.4, -0.2) is 40.8 Å². The van der Waals surface area contributed by atoms with Gasteiger partial charge in [0.1, 0.15) is 0 Å². The maximum Gasteiger partial charge on any atom is 0.241 e. The monoisotopic (exact) mass is 418 g/mol. The normalized spacial score (nSPS) is 22.2. The molecule has 0 saturated carbocycles. The van der Waals surface area contributed by atoms with Crippen molar-refractivity contribution < 1.29 is 13.2 Å². The first-order valence-corrected chi connectivity index (χ1v) is 9.47. The first-order chi connectivity index (χ1) is 9.38. The van der Waals surface area contributed by atoms with Crippen LogP contribution in [0.2, 0.25) is 0 Å². The SMILES string of the molecule is COCC1(CNS(=O)(=O)c2cc(Br)sc2C)CCCN1.Cl. The molecule has 0 spiro atoms. The van der Waals surface area contributed by atoms with Crippen LogP contribution in [0.5, 0.6) is 0 Å². The Hall–Kier alpha value is 0.300. The maximum atomic E-state index is 12.4. The van der Waals surface area contributed by atoms with E-state index in [1.807, 2.05) is 6.92 Å². The number of hydrogen-bond donors (Lipinski definition) is 2. The molecule has 1 saturated heterocycles. The summed E-state index contributed by atoms with van der Waals surface area (Å²) in [6.45, 7) is 3.55. The number of rotatable bonds is 6. The summed E-state index contributed by atoms with van der Waals surface area (Å²) in [7, 11) is -1.84. The molecule has 122 valence electrons. The Morgan fingerprint density at radius 3 is 2.76 bits per heavy atom. The Balaban J connectivity index is 0.00000220. The molecule has 0 aromatic carbocycles. The van der Waals surface area contributed by atoms with Crippen molar-refractivity contribution in [2.45, 2.75) is 30.2 Å². The first-order valence-electron chi connectivity index (χ1n) is 6.38. The number of sulfonamides is 1. The van der Waals surface area contributed by atoms with Crippen LogP contribution in [0.1, 0.15) is 17.7 Å². The van der Waals surface area contributed by atoms with Crippen molar-refractivity contribution in [2.24, 2.45) is 0 Å². The molecule has 1 aliphatic rings. The second-order valence-electron chi connectivity index (χ2n) is 5.04. The molecule has 2 rings (SSSR count). The molecule has 0 aliphatic carbocycles. The maximum absolute atomic E-state index is 12.4. The Morgan fingerprint density at radius 2 is 2.29 bits per heavy atom. The highest BCUT2D eigenvalue weighted by Crippen LogP contribution is 2.30. The molecule has 0 radical (unpaired) electrons. The van der Waals surface area contributed by atoms with Gasteiger partial charge in [-0.15, -0.1) is 23.7 Å². The number of thiophene rings is 1. The smallest absolute Gasteiger partial charge is 0.241 e. The summed E-state index contributed by atoms with van der Waals surface area (Å²) in [5.74, 6) is 0. The van der Waals surface area contributed by atoms with Gasteiger partial charge in [-0.2, -0.15) is 0 Å². The van der Waals surface area contributed by atoms with Gasteiger partial charge in [-0.05, 0) is 48.3 Å². The summed E-state index contributed by atoms with van der Waals surface area (Å²) in [4.78, 5) is 1.13. The fourth-order valence-electron chi connectivity index (χ4n) is 2.48. The second-order valence-corrected chi connectivity index (χ2v) is 9.41. The molecule has 2 N–H and O–H groups in total. The van der Waals surface area contributed by atoms with Crippen LogP contribution < -0.4 is 10.0 Å². The van der Waals surface area contributed by atoms with E-state index in [0.29, 0.717) is 18.0 Å². The lowest BCUT2D eigenvalue weighted by Crippen LogP contribution is -2.52. The molecule has 21 heavy (non-hydrogen) atoms. The van der Waals surface area contributed by atoms with Crippen LogP contribution in [0.15, 0.2) is 14.7 Å². The average molecular weight is 420 g/mol. The van der Waals surface area contributed by atoms with Gasteiger partial charge in [0.05, 0.1) is 20.8 Å². The molecule has 9 heteroatoms. The van der Waals surface area contributed by atoms with Gasteiger partial charge in [-0.25, -0.2) is 13.1 Å². The molecule has 1 atom stereocenters. The Kier molecular flexibility index (Phi) is 7.11. The minimum absolute atomic E-state index is 0. The third-order valence-corrected chi connectivity index (χ3v) is 6.70. The van der Waals surface area contributed by atoms with Crippen LogP contribution in [0, 0.1) is 6.92 Å². The van der Waals surface area contributed by atoms with Gasteiger partial charge in [0, 0.05) is 18.5 Å². The zero-order chi connectivity index (χ0) is 14.8. The van der Waals surface area contributed by atoms with E-state index in [0.717, 1.165) is 28.0 Å². The van der Waals surface area contributed by atoms with Crippen molar-refractivity contribution >= 4 is 49.7 Å². The quantitative estimate of drug-likeness (QED) is 0.742. The van der Waals surface area contributed by atoms with E-state index < -0.39 is 10.0 Å². The van der Waals surface area contributed by atoms with Gasteiger partial charge in [-0.3, -0.25) is 0 Å². The number of nitrogens with one attached hydrogen (secondary N) is 2. The lowest BCUT2D eigenvalue weighted by atomic mass is 9.99. The van der Waals surface area contributed by atoms with Crippen molar-refractivity contribution in [3.8, 4) is 0 Å². The summed E-state index contributed by atoms with van der Waals surface area (Å²) in [6, 6.07) is 1.65. The molecular formula is C12H20BrClN2O3S2. The number of hydrogen-bond acceptors (Lipinski definition) is 5. The lowest BCUT2D eigenvalue weighted by molar-refractivity contribution is 0.122. The summed E-state index contributed by atoms with van der Waals surface area (Å²) in [5.41, 5.74) is -0.289. The van der Waals surface area contributed by atoms with Gasteiger partial charge in [-0.1, -0.05) is 0 Å². The van der Waals surface area contributed by atoms with Crippen LogP contribution in [-0.2, 0) is 14.8 Å². The standard InChI is InChI=1S/C12H19BrN2O3S2.ClH/c1-9-10(6-11(13)19-9)20(16,17)15-7-12(8-18-2)4-3-5-14-12;/h6,14-15H,3-5,7-8H2,1-2H3;1H. The van der Waals surface area contributed by atoms with Gasteiger partial charge >= 0.3 is 0 Å². The predicted octanol–water partition coefficient (Wildman–Crippen LogP) is 2.29. The van der Waals surface area contributed by atoms with E-state index in [-0.39, 0.29) is 17.9 Å². The summed E-state index contributed by atoms with van der Waals surface area (Å²) in [6.07, 6.45) is 1.95. The third kappa shape index (κ3) is 4.63. The van der Waals surface area contributed by atoms with Crippen molar-refractivity contribution in [3.05, 3.63) is 14.7 Å². The van der Waals surface area contributed by atoms with Crippen molar-refractivity contribution in [2.75, 3.05) is 26.8 Å². The predicted molar refractivity (Wildman–Crippen MR) is 91.0 cm³/mol. The third-order valence-electron chi connectivity index (χ3n) is 3.48. The van der Waals surface area contributed by atoms with Gasteiger partial charge in [0.15, 0.2) is 0 Å². The van der Waals surface area contributed by atoms with E-state index in [1.165, 1.54) is 11.3 Å². The lowest BCUT2D eigenvalue weighted by Gasteiger charge is -2.28. The molecule has 1 aliphatic heterocycles. The molecule has 5 nitrogen and oxygen atoms in total. The summed E-state index contributed by atoms with van der Waals surface area (Å²) >= 11 is 4.74. The Morgan fingerprint density at radius 1 is 1.57 bits per heavy atom. The van der Waals surface area contributed by atoms with E-state index in [1.54, 1.807) is 13.2 Å². The highest BCUT2D eigenvalue weighted by atomic mass is 79.9. The van der Waals surface area contributed by atoms with Crippen molar-refractivity contribution in [3.63, 3.8) is 0 Å². The summed E-state index contributed by atoms with van der Waals surface area (Å²) in [5, 5.41) is 3.36. The minimum atomic E-state index is -3.48. The molecule has 1 unspecified atom stereocenters. The number of ether oxygens (including phenoxy) is 1. The van der Waals surface area contributed by atoms with Crippen LogP contribution in [0.3, 0.4) is 0 Å². The largest absolute Gasteiger partial charge is 0.383 e. The molecule has 1 aromatic heterocycles. The summed E-state index contributed by atoms with van der Waals surface area (Å²) < 4.78 is 33.5. The van der Waals surface area contributed by atoms with Crippen molar-refractivity contribution in [1.29, 1.82) is 0 Å². The highest BCUT2D eigenvalue weighted by Gasteiger charge is 2.35. The second kappa shape index (κ2) is 7.72. The Labute approximate surface area is 144 Å². The molecule has 1 aromatic rings. The topological polar surface area (TPSA) is 67.4 Å². The number of aryl methyl sites for hydroxylation is 1. The van der Waals surface area contributed by atoms with E-state index in [2.05, 4.69) is 26.0 Å². The molecular weight excluding hydrogens is 400 g/mol. The fraction of sp³-hybridized carbons (Fsp3) is 0.667. The highest BCUT2D eigenvalue weighted by molar-refractivity contribution is 9.11. The molecule has 0 bridgehead atoms. The number of methoxy groups -OCH3 is 1. The van der Waals surface area contributed by atoms with Crippen molar-refractivity contribution in [1.82, 2.24) is 10.0 Å². The van der Waals surface area contributed by atoms with E-state index >= 15 is 0 Å². The van der Waals surface area contributed by atoms with Gasteiger partial charge in [0.2, 0.25) is 10.0 Å². The van der Waals surface area contributed by atoms with Gasteiger partial charge in [0.25, 0.3) is 0 Å². The molecule has 0 amide bonds. The molecule has 1 fully saturated rings. The molecule has 2 heterocycles. The van der Waals surface area contributed by atoms with E-state index in [4.69, 9.17) is 4.74 Å². The van der Waals surface area contributed by atoms with E-state index in [9.17, 15) is 8.42 Å². The van der Waals surface area contributed by atoms with Crippen LogP contribution >= 0.6 is 39.7 Å². The zero-order valence-corrected chi connectivity index (χ0v) is 16.0. The fourth-order valence-corrected chi connectivity index (χ4v) is 6.02. The van der Waals surface area contributed by atoms with Crippen LogP contribution in [0.4, 0.5) is 0 Å². The number of halogens is 2. The first kappa shape index (κ1) is 19.3. The van der Waals surface area contributed by atoms with Crippen LogP contribution in [0.25, 0.3) is 0 Å².